The lowest BCUT2D eigenvalue weighted by Gasteiger charge is -2.40. The maximum absolute atomic E-state index is 6.94. The van der Waals surface area contributed by atoms with Crippen LogP contribution in [0.3, 0.4) is 0 Å². The fourth-order valence-corrected chi connectivity index (χ4v) is 3.70. The SMILES string of the molecule is CCC1(Cl)C(C)CCC(Cl)N(C)CC(C)C1C. The Balaban J connectivity index is 2.94. The molecule has 1 heterocycles. The number of rotatable bonds is 1. The first-order valence-corrected chi connectivity index (χ1v) is 7.67. The first kappa shape index (κ1) is 15.6. The average Bonchev–Trinajstić information content (AvgIpc) is 2.33. The summed E-state index contributed by atoms with van der Waals surface area (Å²) in [6, 6.07) is 0. The van der Waals surface area contributed by atoms with Crippen LogP contribution in [0.2, 0.25) is 0 Å². The zero-order valence-electron chi connectivity index (χ0n) is 11.8. The van der Waals surface area contributed by atoms with Gasteiger partial charge in [0.25, 0.3) is 0 Å². The van der Waals surface area contributed by atoms with Crippen molar-refractivity contribution in [1.82, 2.24) is 4.90 Å². The molecule has 0 aromatic carbocycles. The molecule has 0 radical (unpaired) electrons. The molecule has 0 aromatic rings. The normalized spacial score (nSPS) is 46.1. The molecule has 0 N–H and O–H groups in total. The molecule has 1 aliphatic heterocycles. The minimum atomic E-state index is -0.0682. The molecule has 3 heteroatoms. The smallest absolute Gasteiger partial charge is 0.0848 e. The summed E-state index contributed by atoms with van der Waals surface area (Å²) in [4.78, 5) is 2.20. The van der Waals surface area contributed by atoms with Gasteiger partial charge < -0.3 is 0 Å². The number of hydrogen-bond acceptors (Lipinski definition) is 1. The zero-order valence-corrected chi connectivity index (χ0v) is 13.4. The van der Waals surface area contributed by atoms with Crippen LogP contribution in [0.25, 0.3) is 0 Å². The maximum atomic E-state index is 6.94. The monoisotopic (exact) mass is 279 g/mol. The molecule has 1 aliphatic rings. The molecule has 5 unspecified atom stereocenters. The number of hydrogen-bond donors (Lipinski definition) is 0. The van der Waals surface area contributed by atoms with Gasteiger partial charge in [0.2, 0.25) is 0 Å². The standard InChI is InChI=1S/C14H27Cl2N/c1-6-14(16)11(3)7-8-13(15)17(5)9-10(2)12(14)4/h10-13H,6-9H2,1-5H3. The second kappa shape index (κ2) is 6.12. The lowest BCUT2D eigenvalue weighted by Crippen LogP contribution is -2.41. The second-order valence-corrected chi connectivity index (χ2v) is 7.11. The van der Waals surface area contributed by atoms with Gasteiger partial charge in [0.05, 0.1) is 5.50 Å². The van der Waals surface area contributed by atoms with Gasteiger partial charge in [-0.25, -0.2) is 0 Å². The summed E-state index contributed by atoms with van der Waals surface area (Å²) < 4.78 is 0. The van der Waals surface area contributed by atoms with Crippen molar-refractivity contribution in [2.24, 2.45) is 17.8 Å². The number of nitrogens with zero attached hydrogens (tertiary/aromatic N) is 1. The quantitative estimate of drug-likeness (QED) is 0.502. The summed E-state index contributed by atoms with van der Waals surface area (Å²) in [5.74, 6) is 1.63. The van der Waals surface area contributed by atoms with Crippen molar-refractivity contribution in [2.75, 3.05) is 13.6 Å². The van der Waals surface area contributed by atoms with Crippen molar-refractivity contribution in [2.45, 2.75) is 57.3 Å². The molecule has 17 heavy (non-hydrogen) atoms. The fraction of sp³-hybridized carbons (Fsp3) is 1.00. The maximum Gasteiger partial charge on any atom is 0.0848 e. The third-order valence-electron chi connectivity index (χ3n) is 4.86. The van der Waals surface area contributed by atoms with E-state index in [1.807, 2.05) is 0 Å². The summed E-state index contributed by atoms with van der Waals surface area (Å²) >= 11 is 13.4. The molecule has 1 saturated heterocycles. The number of alkyl halides is 2. The van der Waals surface area contributed by atoms with Crippen molar-refractivity contribution in [3.05, 3.63) is 0 Å². The molecule has 0 bridgehead atoms. The van der Waals surface area contributed by atoms with Gasteiger partial charge >= 0.3 is 0 Å². The summed E-state index contributed by atoms with van der Waals surface area (Å²) in [6.45, 7) is 10.1. The Hall–Kier alpha value is 0.540. The highest BCUT2D eigenvalue weighted by Crippen LogP contribution is 2.44. The van der Waals surface area contributed by atoms with E-state index in [9.17, 15) is 0 Å². The molecular formula is C14H27Cl2N. The van der Waals surface area contributed by atoms with Gasteiger partial charge in [0.1, 0.15) is 0 Å². The average molecular weight is 280 g/mol. The summed E-state index contributed by atoms with van der Waals surface area (Å²) in [6.07, 6.45) is 3.19. The van der Waals surface area contributed by atoms with E-state index < -0.39 is 0 Å². The molecule has 1 rings (SSSR count). The fourth-order valence-electron chi connectivity index (χ4n) is 3.17. The molecular weight excluding hydrogens is 253 g/mol. The Bertz CT molecular complexity index is 246. The molecule has 0 aromatic heterocycles. The highest BCUT2D eigenvalue weighted by Gasteiger charge is 2.41. The third kappa shape index (κ3) is 3.30. The van der Waals surface area contributed by atoms with Crippen LogP contribution in [0.15, 0.2) is 0 Å². The van der Waals surface area contributed by atoms with E-state index >= 15 is 0 Å². The van der Waals surface area contributed by atoms with Crippen LogP contribution in [0.5, 0.6) is 0 Å². The van der Waals surface area contributed by atoms with Gasteiger partial charge in [-0.2, -0.15) is 0 Å². The minimum absolute atomic E-state index is 0.0682. The van der Waals surface area contributed by atoms with Crippen molar-refractivity contribution < 1.29 is 0 Å². The Morgan fingerprint density at radius 2 is 1.82 bits per heavy atom. The first-order chi connectivity index (χ1) is 7.82. The topological polar surface area (TPSA) is 3.24 Å². The Kier molecular flexibility index (Phi) is 5.62. The minimum Gasteiger partial charge on any atom is -0.290 e. The molecule has 0 amide bonds. The van der Waals surface area contributed by atoms with Gasteiger partial charge in [-0.15, -0.1) is 23.2 Å². The molecule has 102 valence electrons. The second-order valence-electron chi connectivity index (χ2n) is 5.90. The first-order valence-electron chi connectivity index (χ1n) is 6.86. The number of halogens is 2. The lowest BCUT2D eigenvalue weighted by atomic mass is 9.73. The Morgan fingerprint density at radius 3 is 2.35 bits per heavy atom. The van der Waals surface area contributed by atoms with E-state index in [1.54, 1.807) is 0 Å². The van der Waals surface area contributed by atoms with Crippen LogP contribution in [0.4, 0.5) is 0 Å². The van der Waals surface area contributed by atoms with E-state index in [0.717, 1.165) is 25.8 Å². The van der Waals surface area contributed by atoms with Crippen LogP contribution in [-0.4, -0.2) is 28.9 Å². The van der Waals surface area contributed by atoms with Gasteiger partial charge in [-0.1, -0.05) is 27.7 Å². The van der Waals surface area contributed by atoms with E-state index in [4.69, 9.17) is 23.2 Å². The highest BCUT2D eigenvalue weighted by molar-refractivity contribution is 6.24. The van der Waals surface area contributed by atoms with Gasteiger partial charge in [0.15, 0.2) is 0 Å². The van der Waals surface area contributed by atoms with Crippen LogP contribution < -0.4 is 0 Å². The molecule has 5 atom stereocenters. The van der Waals surface area contributed by atoms with Crippen LogP contribution in [0.1, 0.15) is 47.0 Å². The molecule has 1 nitrogen and oxygen atoms in total. The lowest BCUT2D eigenvalue weighted by molar-refractivity contribution is 0.187. The van der Waals surface area contributed by atoms with Gasteiger partial charge in [-0.05, 0) is 44.1 Å². The van der Waals surface area contributed by atoms with E-state index in [2.05, 4.69) is 39.6 Å². The zero-order chi connectivity index (χ0) is 13.2. The Morgan fingerprint density at radius 1 is 1.24 bits per heavy atom. The van der Waals surface area contributed by atoms with Gasteiger partial charge in [-0.3, -0.25) is 4.90 Å². The summed E-state index contributed by atoms with van der Waals surface area (Å²) in [5, 5.41) is 0. The molecule has 0 aliphatic carbocycles. The van der Waals surface area contributed by atoms with Crippen LogP contribution >= 0.6 is 23.2 Å². The van der Waals surface area contributed by atoms with Crippen LogP contribution in [-0.2, 0) is 0 Å². The van der Waals surface area contributed by atoms with E-state index in [-0.39, 0.29) is 10.4 Å². The van der Waals surface area contributed by atoms with Crippen molar-refractivity contribution in [1.29, 1.82) is 0 Å². The predicted octanol–water partition coefficient (Wildman–Crippen LogP) is 4.57. The molecule has 1 fully saturated rings. The largest absolute Gasteiger partial charge is 0.290 e. The highest BCUT2D eigenvalue weighted by atomic mass is 35.5. The van der Waals surface area contributed by atoms with Crippen molar-refractivity contribution in [3.8, 4) is 0 Å². The van der Waals surface area contributed by atoms with E-state index in [0.29, 0.717) is 17.8 Å². The molecule has 0 spiro atoms. The predicted molar refractivity (Wildman–Crippen MR) is 77.9 cm³/mol. The van der Waals surface area contributed by atoms with Crippen molar-refractivity contribution >= 4 is 23.2 Å². The summed E-state index contributed by atoms with van der Waals surface area (Å²) in [5.41, 5.74) is 0.156. The molecule has 0 saturated carbocycles. The summed E-state index contributed by atoms with van der Waals surface area (Å²) in [7, 11) is 2.12. The third-order valence-corrected chi connectivity index (χ3v) is 6.40. The van der Waals surface area contributed by atoms with Gasteiger partial charge in [0, 0.05) is 11.4 Å². The van der Waals surface area contributed by atoms with E-state index in [1.165, 1.54) is 0 Å². The van der Waals surface area contributed by atoms with Crippen molar-refractivity contribution in [3.63, 3.8) is 0 Å². The Labute approximate surface area is 117 Å². The van der Waals surface area contributed by atoms with Crippen LogP contribution in [0, 0.1) is 17.8 Å².